The van der Waals surface area contributed by atoms with Gasteiger partial charge in [0.15, 0.2) is 5.69 Å². The van der Waals surface area contributed by atoms with Crippen LogP contribution in [0.15, 0.2) is 22.4 Å². The first-order valence-corrected chi connectivity index (χ1v) is 6.57. The Morgan fingerprint density at radius 1 is 1.33 bits per heavy atom. The molecule has 0 spiro atoms. The van der Waals surface area contributed by atoms with E-state index < -0.39 is 27.4 Å². The summed E-state index contributed by atoms with van der Waals surface area (Å²) in [6.45, 7) is 2.35. The molecule has 0 heterocycles. The van der Waals surface area contributed by atoms with Gasteiger partial charge in [0.2, 0.25) is 0 Å². The van der Waals surface area contributed by atoms with E-state index in [9.17, 15) is 23.3 Å². The van der Waals surface area contributed by atoms with E-state index in [1.165, 1.54) is 0 Å². The standard InChI is InChI=1S/C12H13ClF3N3O2/c1-2-3-4-5-17-18-10-7-9(13)8(12(14,15)16)6-11(10)19(20)21/h6-7H,2-5H2,1H3. The SMILES string of the molecule is CCCCCN=Nc1cc(Cl)c(C(F)(F)F)cc1[N+](=O)[O-]. The average molecular weight is 324 g/mol. The quantitative estimate of drug-likeness (QED) is 0.298. The lowest BCUT2D eigenvalue weighted by Crippen LogP contribution is -2.06. The zero-order valence-electron chi connectivity index (χ0n) is 11.2. The predicted octanol–water partition coefficient (Wildman–Crippen LogP) is 5.54. The Morgan fingerprint density at radius 3 is 2.52 bits per heavy atom. The molecular weight excluding hydrogens is 311 g/mol. The lowest BCUT2D eigenvalue weighted by Gasteiger charge is -2.09. The minimum atomic E-state index is -4.77. The van der Waals surface area contributed by atoms with Crippen LogP contribution in [-0.4, -0.2) is 11.5 Å². The van der Waals surface area contributed by atoms with Gasteiger partial charge in [-0.05, 0) is 12.5 Å². The van der Waals surface area contributed by atoms with Gasteiger partial charge >= 0.3 is 6.18 Å². The highest BCUT2D eigenvalue weighted by molar-refractivity contribution is 6.31. The van der Waals surface area contributed by atoms with E-state index in [0.717, 1.165) is 25.3 Å². The molecule has 1 aromatic carbocycles. The van der Waals surface area contributed by atoms with Gasteiger partial charge in [-0.15, -0.1) is 5.11 Å². The number of nitrogens with zero attached hydrogens (tertiary/aromatic N) is 3. The minimum absolute atomic E-state index is 0.283. The smallest absolute Gasteiger partial charge is 0.258 e. The first kappa shape index (κ1) is 17.4. The van der Waals surface area contributed by atoms with E-state index in [2.05, 4.69) is 10.2 Å². The zero-order valence-corrected chi connectivity index (χ0v) is 11.9. The number of unbranched alkanes of at least 4 members (excludes halogenated alkanes) is 2. The van der Waals surface area contributed by atoms with Crippen LogP contribution in [0.4, 0.5) is 24.5 Å². The van der Waals surface area contributed by atoms with Crippen molar-refractivity contribution in [3.63, 3.8) is 0 Å². The summed E-state index contributed by atoms with van der Waals surface area (Å²) in [6.07, 6.45) is -2.11. The van der Waals surface area contributed by atoms with Gasteiger partial charge in [0, 0.05) is 6.07 Å². The second-order valence-electron chi connectivity index (χ2n) is 4.25. The van der Waals surface area contributed by atoms with Gasteiger partial charge in [-0.2, -0.15) is 18.3 Å². The third-order valence-corrected chi connectivity index (χ3v) is 2.92. The second-order valence-corrected chi connectivity index (χ2v) is 4.65. The Morgan fingerprint density at radius 2 is 2.00 bits per heavy atom. The van der Waals surface area contributed by atoms with Crippen molar-refractivity contribution in [3.8, 4) is 0 Å². The maximum absolute atomic E-state index is 12.7. The molecule has 0 bridgehead atoms. The fourth-order valence-electron chi connectivity index (χ4n) is 1.55. The lowest BCUT2D eigenvalue weighted by molar-refractivity contribution is -0.384. The molecule has 21 heavy (non-hydrogen) atoms. The highest BCUT2D eigenvalue weighted by Gasteiger charge is 2.36. The van der Waals surface area contributed by atoms with E-state index in [1.807, 2.05) is 6.92 Å². The molecule has 0 N–H and O–H groups in total. The monoisotopic (exact) mass is 323 g/mol. The van der Waals surface area contributed by atoms with Crippen LogP contribution in [0.25, 0.3) is 0 Å². The van der Waals surface area contributed by atoms with Crippen LogP contribution in [0.3, 0.4) is 0 Å². The maximum atomic E-state index is 12.7. The van der Waals surface area contributed by atoms with E-state index >= 15 is 0 Å². The number of nitro benzene ring substituents is 1. The average Bonchev–Trinajstić information content (AvgIpc) is 2.36. The van der Waals surface area contributed by atoms with Gasteiger partial charge in [-0.3, -0.25) is 10.1 Å². The van der Waals surface area contributed by atoms with Crippen LogP contribution >= 0.6 is 11.6 Å². The number of nitro groups is 1. The topological polar surface area (TPSA) is 67.9 Å². The number of hydrogen-bond acceptors (Lipinski definition) is 4. The predicted molar refractivity (Wildman–Crippen MR) is 72.0 cm³/mol. The fraction of sp³-hybridized carbons (Fsp3) is 0.500. The third-order valence-electron chi connectivity index (χ3n) is 2.61. The molecule has 116 valence electrons. The normalized spacial score (nSPS) is 12.0. The van der Waals surface area contributed by atoms with E-state index in [0.29, 0.717) is 12.6 Å². The highest BCUT2D eigenvalue weighted by Crippen LogP contribution is 2.41. The molecule has 0 radical (unpaired) electrons. The molecule has 0 aliphatic rings. The van der Waals surface area contributed by atoms with Crippen LogP contribution in [0.2, 0.25) is 5.02 Å². The molecular formula is C12H13ClF3N3O2. The molecule has 1 aromatic rings. The summed E-state index contributed by atoms with van der Waals surface area (Å²) in [5.41, 5.74) is -2.32. The van der Waals surface area contributed by atoms with Crippen molar-refractivity contribution >= 4 is 23.0 Å². The molecule has 0 saturated heterocycles. The highest BCUT2D eigenvalue weighted by atomic mass is 35.5. The zero-order chi connectivity index (χ0) is 16.0. The number of rotatable bonds is 6. The molecule has 0 aromatic heterocycles. The molecule has 0 amide bonds. The largest absolute Gasteiger partial charge is 0.418 e. The van der Waals surface area contributed by atoms with Gasteiger partial charge in [-0.25, -0.2) is 0 Å². The molecule has 0 saturated carbocycles. The van der Waals surface area contributed by atoms with Crippen LogP contribution in [0.5, 0.6) is 0 Å². The van der Waals surface area contributed by atoms with Gasteiger partial charge in [0.05, 0.1) is 22.1 Å². The molecule has 0 aliphatic carbocycles. The first-order chi connectivity index (χ1) is 9.77. The number of azo groups is 1. The lowest BCUT2D eigenvalue weighted by atomic mass is 10.1. The van der Waals surface area contributed by atoms with Crippen LogP contribution in [0, 0.1) is 10.1 Å². The summed E-state index contributed by atoms with van der Waals surface area (Å²) >= 11 is 5.51. The second kappa shape index (κ2) is 7.35. The van der Waals surface area contributed by atoms with Crippen molar-refractivity contribution in [2.24, 2.45) is 10.2 Å². The first-order valence-electron chi connectivity index (χ1n) is 6.20. The molecule has 1 rings (SSSR count). The molecule has 0 fully saturated rings. The van der Waals surface area contributed by atoms with Gasteiger partial charge in [-0.1, -0.05) is 31.4 Å². The third kappa shape index (κ3) is 4.96. The van der Waals surface area contributed by atoms with Crippen LogP contribution in [-0.2, 0) is 6.18 Å². The van der Waals surface area contributed by atoms with Crippen LogP contribution < -0.4 is 0 Å². The number of hydrogen-bond donors (Lipinski definition) is 0. The van der Waals surface area contributed by atoms with Crippen LogP contribution in [0.1, 0.15) is 31.7 Å². The Hall–Kier alpha value is -1.70. The summed E-state index contributed by atoms with van der Waals surface area (Å²) in [4.78, 5) is 9.90. The van der Waals surface area contributed by atoms with Crippen molar-refractivity contribution in [3.05, 3.63) is 32.8 Å². The molecule has 9 heteroatoms. The summed E-state index contributed by atoms with van der Waals surface area (Å²) < 4.78 is 38.0. The number of halogens is 4. The molecule has 0 unspecified atom stereocenters. The Kier molecular flexibility index (Phi) is 6.07. The number of alkyl halides is 3. The minimum Gasteiger partial charge on any atom is -0.258 e. The van der Waals surface area contributed by atoms with Crippen molar-refractivity contribution in [1.29, 1.82) is 0 Å². The number of benzene rings is 1. The van der Waals surface area contributed by atoms with E-state index in [4.69, 9.17) is 11.6 Å². The summed E-state index contributed by atoms with van der Waals surface area (Å²) in [7, 11) is 0. The van der Waals surface area contributed by atoms with Gasteiger partial charge in [0.1, 0.15) is 0 Å². The Bertz CT molecular complexity index is 547. The van der Waals surface area contributed by atoms with E-state index in [1.54, 1.807) is 0 Å². The molecule has 0 atom stereocenters. The van der Waals surface area contributed by atoms with Gasteiger partial charge < -0.3 is 0 Å². The summed E-state index contributed by atoms with van der Waals surface area (Å²) in [6, 6.07) is 1.19. The fourth-order valence-corrected chi connectivity index (χ4v) is 1.82. The van der Waals surface area contributed by atoms with Crippen molar-refractivity contribution < 1.29 is 18.1 Å². The summed E-state index contributed by atoms with van der Waals surface area (Å²) in [5.74, 6) is 0. The van der Waals surface area contributed by atoms with Crippen molar-refractivity contribution in [2.45, 2.75) is 32.4 Å². The Labute approximate surface area is 124 Å². The van der Waals surface area contributed by atoms with E-state index in [-0.39, 0.29) is 5.69 Å². The van der Waals surface area contributed by atoms with Crippen molar-refractivity contribution in [1.82, 2.24) is 0 Å². The van der Waals surface area contributed by atoms with Crippen molar-refractivity contribution in [2.75, 3.05) is 6.54 Å². The molecule has 5 nitrogen and oxygen atoms in total. The maximum Gasteiger partial charge on any atom is 0.418 e. The Balaban J connectivity index is 3.09. The van der Waals surface area contributed by atoms with Gasteiger partial charge in [0.25, 0.3) is 5.69 Å². The summed E-state index contributed by atoms with van der Waals surface area (Å²) in [5, 5.41) is 17.5. The molecule has 0 aliphatic heterocycles.